The molecule has 1 saturated heterocycles. The van der Waals surface area contributed by atoms with Gasteiger partial charge < -0.3 is 15.2 Å². The van der Waals surface area contributed by atoms with E-state index < -0.39 is 11.9 Å². The molecule has 0 aliphatic carbocycles. The number of anilines is 1. The van der Waals surface area contributed by atoms with Crippen LogP contribution in [0.5, 0.6) is 11.5 Å². The van der Waals surface area contributed by atoms with Gasteiger partial charge in [-0.25, -0.2) is 10.4 Å². The van der Waals surface area contributed by atoms with Crippen molar-refractivity contribution < 1.29 is 19.1 Å². The number of likely N-dealkylation sites (tertiary alicyclic amines) is 1. The second-order valence-electron chi connectivity index (χ2n) is 8.07. The molecule has 1 aromatic heterocycles. The maximum absolute atomic E-state index is 12.9. The number of rotatable bonds is 7. The lowest BCUT2D eigenvalue weighted by Gasteiger charge is -2.25. The van der Waals surface area contributed by atoms with Gasteiger partial charge in [-0.15, -0.1) is 24.8 Å². The van der Waals surface area contributed by atoms with Gasteiger partial charge in [-0.2, -0.15) is 0 Å². The molecular weight excluding hydrogens is 483 g/mol. The highest BCUT2D eigenvalue weighted by Gasteiger charge is 2.33. The van der Waals surface area contributed by atoms with Crippen molar-refractivity contribution in [2.24, 2.45) is 5.84 Å². The first kappa shape index (κ1) is 27.6. The van der Waals surface area contributed by atoms with Gasteiger partial charge in [0, 0.05) is 12.2 Å². The van der Waals surface area contributed by atoms with Crippen molar-refractivity contribution in [2.75, 3.05) is 19.1 Å². The third-order valence-corrected chi connectivity index (χ3v) is 5.90. The van der Waals surface area contributed by atoms with E-state index in [2.05, 4.69) is 20.6 Å². The molecule has 2 aliphatic rings. The lowest BCUT2D eigenvalue weighted by atomic mass is 10.0. The number of amides is 2. The predicted octanol–water partition coefficient (Wildman–Crippen LogP) is 1.23. The Kier molecular flexibility index (Phi) is 9.90. The largest absolute Gasteiger partial charge is 0.454 e. The van der Waals surface area contributed by atoms with E-state index in [1.54, 1.807) is 12.1 Å². The predicted molar refractivity (Wildman–Crippen MR) is 132 cm³/mol. The molecule has 0 radical (unpaired) electrons. The number of nitrogens with zero attached hydrogens (tertiary/aromatic N) is 2. The molecule has 2 aromatic rings. The van der Waals surface area contributed by atoms with E-state index >= 15 is 0 Å². The summed E-state index contributed by atoms with van der Waals surface area (Å²) in [5.74, 6) is 6.59. The van der Waals surface area contributed by atoms with E-state index in [1.807, 2.05) is 25.1 Å². The van der Waals surface area contributed by atoms with Crippen LogP contribution in [0.15, 0.2) is 30.3 Å². The van der Waals surface area contributed by atoms with Crippen LogP contribution in [0.4, 0.5) is 5.82 Å². The van der Waals surface area contributed by atoms with E-state index in [4.69, 9.17) is 21.1 Å². The SMILES string of the molecule is Cc1nc(N)ccc1CN1CCC[C@@H]1C(=O)NC(=O)C(Cc1ccc2c(c1)OCO2)NN.Cl.Cl. The molecule has 2 amide bonds. The summed E-state index contributed by atoms with van der Waals surface area (Å²) >= 11 is 0. The van der Waals surface area contributed by atoms with Gasteiger partial charge in [-0.3, -0.25) is 25.6 Å². The van der Waals surface area contributed by atoms with E-state index in [0.29, 0.717) is 36.7 Å². The number of carbonyl (C=O) groups excluding carboxylic acids is 2. The molecule has 1 fully saturated rings. The summed E-state index contributed by atoms with van der Waals surface area (Å²) in [6.07, 6.45) is 1.86. The highest BCUT2D eigenvalue weighted by atomic mass is 35.5. The minimum atomic E-state index is -0.766. The molecule has 34 heavy (non-hydrogen) atoms. The Hall–Kier alpha value is -2.63. The zero-order valence-corrected chi connectivity index (χ0v) is 20.4. The third kappa shape index (κ3) is 6.28. The Labute approximate surface area is 210 Å². The summed E-state index contributed by atoms with van der Waals surface area (Å²) in [6, 6.07) is 7.97. The maximum Gasteiger partial charge on any atom is 0.245 e. The first-order valence-corrected chi connectivity index (χ1v) is 10.6. The molecule has 10 nitrogen and oxygen atoms in total. The number of fused-ring (bicyclic) bond motifs is 1. The molecule has 1 unspecified atom stereocenters. The first-order chi connectivity index (χ1) is 15.4. The minimum Gasteiger partial charge on any atom is -0.454 e. The molecular formula is C22H30Cl2N6O4. The van der Waals surface area contributed by atoms with Crippen LogP contribution < -0.4 is 31.8 Å². The van der Waals surface area contributed by atoms with Crippen molar-refractivity contribution in [1.29, 1.82) is 0 Å². The third-order valence-electron chi connectivity index (χ3n) is 5.90. The van der Waals surface area contributed by atoms with E-state index in [0.717, 1.165) is 29.8 Å². The number of aryl methyl sites for hydroxylation is 1. The summed E-state index contributed by atoms with van der Waals surface area (Å²) in [6.45, 7) is 3.41. The second kappa shape index (κ2) is 12.2. The van der Waals surface area contributed by atoms with Gasteiger partial charge in [-0.05, 0) is 62.1 Å². The molecule has 1 aromatic carbocycles. The van der Waals surface area contributed by atoms with Crippen molar-refractivity contribution in [3.05, 3.63) is 47.2 Å². The van der Waals surface area contributed by atoms with Crippen LogP contribution in [-0.4, -0.2) is 47.1 Å². The fourth-order valence-electron chi connectivity index (χ4n) is 4.13. The van der Waals surface area contributed by atoms with Crippen LogP contribution in [0.3, 0.4) is 0 Å². The fraction of sp³-hybridized carbons (Fsp3) is 0.409. The van der Waals surface area contributed by atoms with Crippen molar-refractivity contribution >= 4 is 42.4 Å². The highest BCUT2D eigenvalue weighted by molar-refractivity contribution is 6.00. The molecule has 2 aliphatic heterocycles. The molecule has 2 atom stereocenters. The number of halogens is 2. The number of aromatic nitrogens is 1. The second-order valence-corrected chi connectivity index (χ2v) is 8.07. The average molecular weight is 513 g/mol. The molecule has 6 N–H and O–H groups in total. The van der Waals surface area contributed by atoms with Gasteiger partial charge in [0.2, 0.25) is 18.6 Å². The van der Waals surface area contributed by atoms with E-state index in [9.17, 15) is 9.59 Å². The number of nitrogens with two attached hydrogens (primary N) is 2. The lowest BCUT2D eigenvalue weighted by molar-refractivity contribution is -0.134. The zero-order chi connectivity index (χ0) is 22.7. The van der Waals surface area contributed by atoms with Crippen LogP contribution in [-0.2, 0) is 22.6 Å². The molecule has 0 saturated carbocycles. The normalized spacial score (nSPS) is 17.4. The summed E-state index contributed by atoms with van der Waals surface area (Å²) in [7, 11) is 0. The van der Waals surface area contributed by atoms with Crippen LogP contribution in [0.2, 0.25) is 0 Å². The number of carbonyl (C=O) groups is 2. The molecule has 4 rings (SSSR count). The van der Waals surface area contributed by atoms with E-state index in [1.165, 1.54) is 0 Å². The number of hydrogen-bond donors (Lipinski definition) is 4. The topological polar surface area (TPSA) is 145 Å². The van der Waals surface area contributed by atoms with Crippen molar-refractivity contribution in [1.82, 2.24) is 20.6 Å². The van der Waals surface area contributed by atoms with Crippen LogP contribution in [0.25, 0.3) is 0 Å². The fourth-order valence-corrected chi connectivity index (χ4v) is 4.13. The Bertz CT molecular complexity index is 1020. The Morgan fingerprint density at radius 2 is 1.97 bits per heavy atom. The number of benzene rings is 1. The summed E-state index contributed by atoms with van der Waals surface area (Å²) in [5, 5.41) is 2.53. The zero-order valence-electron chi connectivity index (χ0n) is 18.8. The summed E-state index contributed by atoms with van der Waals surface area (Å²) < 4.78 is 10.7. The Balaban J connectivity index is 0.00000204. The number of imide groups is 1. The first-order valence-electron chi connectivity index (χ1n) is 10.6. The summed E-state index contributed by atoms with van der Waals surface area (Å²) in [4.78, 5) is 32.0. The average Bonchev–Trinajstić information content (AvgIpc) is 3.42. The minimum absolute atomic E-state index is 0. The molecule has 3 heterocycles. The number of pyridine rings is 1. The smallest absolute Gasteiger partial charge is 0.245 e. The molecule has 186 valence electrons. The highest BCUT2D eigenvalue weighted by Crippen LogP contribution is 2.32. The maximum atomic E-state index is 12.9. The van der Waals surface area contributed by atoms with Gasteiger partial charge in [0.1, 0.15) is 11.9 Å². The summed E-state index contributed by atoms with van der Waals surface area (Å²) in [5.41, 5.74) is 10.9. The Morgan fingerprint density at radius 1 is 1.21 bits per heavy atom. The standard InChI is InChI=1S/C22H28N6O4.2ClH/c1-13-15(5-7-20(23)25-13)11-28-8-2-3-17(28)22(30)26-21(29)16(27-24)9-14-4-6-18-19(10-14)32-12-31-18;;/h4-7,10,16-17,27H,2-3,8-9,11-12,24H2,1H3,(H2,23,25)(H,26,29,30);2*1H/t16?,17-;;/m1../s1. The van der Waals surface area contributed by atoms with Crippen molar-refractivity contribution in [3.63, 3.8) is 0 Å². The van der Waals surface area contributed by atoms with Crippen LogP contribution in [0.1, 0.15) is 29.7 Å². The number of nitrogen functional groups attached to an aromatic ring is 1. The number of ether oxygens (including phenoxy) is 2. The van der Waals surface area contributed by atoms with Gasteiger partial charge in [0.25, 0.3) is 0 Å². The lowest BCUT2D eigenvalue weighted by Crippen LogP contribution is -2.53. The monoisotopic (exact) mass is 512 g/mol. The van der Waals surface area contributed by atoms with Gasteiger partial charge in [0.05, 0.1) is 6.04 Å². The Morgan fingerprint density at radius 3 is 2.71 bits per heavy atom. The van der Waals surface area contributed by atoms with Crippen molar-refractivity contribution in [3.8, 4) is 11.5 Å². The molecule has 0 spiro atoms. The molecule has 12 heteroatoms. The number of nitrogens with one attached hydrogen (secondary N) is 2. The quantitative estimate of drug-likeness (QED) is 0.317. The molecule has 0 bridgehead atoms. The van der Waals surface area contributed by atoms with E-state index in [-0.39, 0.29) is 43.6 Å². The van der Waals surface area contributed by atoms with Crippen LogP contribution >= 0.6 is 24.8 Å². The number of hydrazine groups is 1. The van der Waals surface area contributed by atoms with Gasteiger partial charge in [-0.1, -0.05) is 12.1 Å². The number of hydrogen-bond acceptors (Lipinski definition) is 9. The van der Waals surface area contributed by atoms with Crippen molar-refractivity contribution in [2.45, 2.75) is 44.8 Å². The van der Waals surface area contributed by atoms with Crippen LogP contribution in [0, 0.1) is 6.92 Å². The van der Waals surface area contributed by atoms with Gasteiger partial charge >= 0.3 is 0 Å². The van der Waals surface area contributed by atoms with Gasteiger partial charge in [0.15, 0.2) is 11.5 Å².